The Hall–Kier alpha value is -1.44. The van der Waals surface area contributed by atoms with Gasteiger partial charge in [-0.15, -0.1) is 23.7 Å². The van der Waals surface area contributed by atoms with E-state index in [4.69, 9.17) is 5.73 Å². The summed E-state index contributed by atoms with van der Waals surface area (Å²) in [7, 11) is 0. The highest BCUT2D eigenvalue weighted by Crippen LogP contribution is 2.33. The molecule has 0 fully saturated rings. The van der Waals surface area contributed by atoms with Crippen LogP contribution in [0.15, 0.2) is 11.1 Å². The fourth-order valence-corrected chi connectivity index (χ4v) is 4.91. The molecule has 0 atom stereocenters. The van der Waals surface area contributed by atoms with Crippen molar-refractivity contribution in [2.45, 2.75) is 70.9 Å². The van der Waals surface area contributed by atoms with E-state index in [1.807, 2.05) is 13.8 Å². The van der Waals surface area contributed by atoms with Crippen molar-refractivity contribution in [3.8, 4) is 0 Å². The van der Waals surface area contributed by atoms with Crippen molar-refractivity contribution < 1.29 is 4.79 Å². The van der Waals surface area contributed by atoms with Crippen LogP contribution in [-0.2, 0) is 24.2 Å². The zero-order chi connectivity index (χ0) is 18.7. The number of nitrogens with zero attached hydrogens (tertiary/aromatic N) is 2. The predicted octanol–water partition coefficient (Wildman–Crippen LogP) is 2.78. The molecule has 3 rings (SSSR count). The zero-order valence-corrected chi connectivity index (χ0v) is 17.7. The minimum Gasteiger partial charge on any atom is -0.349 e. The maximum Gasteiger partial charge on any atom is 0.262 e. The van der Waals surface area contributed by atoms with Crippen molar-refractivity contribution in [2.24, 2.45) is 5.73 Å². The van der Waals surface area contributed by atoms with Gasteiger partial charge in [0, 0.05) is 24.4 Å². The highest BCUT2D eigenvalue weighted by molar-refractivity contribution is 7.18. The third kappa shape index (κ3) is 4.36. The summed E-state index contributed by atoms with van der Waals surface area (Å²) in [5, 5.41) is 3.82. The largest absolute Gasteiger partial charge is 0.349 e. The van der Waals surface area contributed by atoms with Gasteiger partial charge in [0.2, 0.25) is 5.91 Å². The number of nitrogens with two attached hydrogens (primary N) is 1. The van der Waals surface area contributed by atoms with Crippen LogP contribution in [0.2, 0.25) is 0 Å². The summed E-state index contributed by atoms with van der Waals surface area (Å²) in [5.41, 5.74) is 6.67. The first-order chi connectivity index (χ1) is 12.5. The molecular formula is C19H29ClN4O2S. The van der Waals surface area contributed by atoms with Crippen molar-refractivity contribution in [1.82, 2.24) is 14.9 Å². The van der Waals surface area contributed by atoms with E-state index in [0.717, 1.165) is 42.3 Å². The standard InChI is InChI=1S/C19H28N4O2S.ClH/c1-3-19(4-2,11-20)22-15(24)9-10-23-12-21-17-16(18(23)25)13-7-5-6-8-14(13)26-17;/h12H,3-11,20H2,1-2H3,(H,22,24);1H. The summed E-state index contributed by atoms with van der Waals surface area (Å²) in [6.07, 6.45) is 7.74. The smallest absolute Gasteiger partial charge is 0.262 e. The van der Waals surface area contributed by atoms with Gasteiger partial charge in [0.15, 0.2) is 0 Å². The second-order valence-corrected chi connectivity index (χ2v) is 8.21. The van der Waals surface area contributed by atoms with Crippen LogP contribution in [0, 0.1) is 0 Å². The Kier molecular flexibility index (Phi) is 7.42. The molecule has 2 aromatic rings. The second kappa shape index (κ2) is 9.17. The van der Waals surface area contributed by atoms with Crippen LogP contribution in [-0.4, -0.2) is 27.5 Å². The number of aromatic nitrogens is 2. The van der Waals surface area contributed by atoms with E-state index >= 15 is 0 Å². The van der Waals surface area contributed by atoms with Gasteiger partial charge in [0.05, 0.1) is 17.3 Å². The van der Waals surface area contributed by atoms with Gasteiger partial charge in [-0.2, -0.15) is 0 Å². The van der Waals surface area contributed by atoms with Crippen LogP contribution in [0.3, 0.4) is 0 Å². The molecule has 150 valence electrons. The number of nitrogens with one attached hydrogen (secondary N) is 1. The summed E-state index contributed by atoms with van der Waals surface area (Å²) >= 11 is 1.65. The van der Waals surface area contributed by atoms with E-state index in [2.05, 4.69) is 10.3 Å². The Morgan fingerprint density at radius 1 is 1.33 bits per heavy atom. The molecule has 27 heavy (non-hydrogen) atoms. The molecule has 3 N–H and O–H groups in total. The molecule has 0 bridgehead atoms. The minimum absolute atomic E-state index is 0. The number of hydrogen-bond acceptors (Lipinski definition) is 5. The van der Waals surface area contributed by atoms with Gasteiger partial charge in [-0.3, -0.25) is 14.2 Å². The highest BCUT2D eigenvalue weighted by Gasteiger charge is 2.26. The second-order valence-electron chi connectivity index (χ2n) is 7.12. The Labute approximate surface area is 170 Å². The number of halogens is 1. The molecule has 8 heteroatoms. The summed E-state index contributed by atoms with van der Waals surface area (Å²) < 4.78 is 1.57. The molecule has 0 aromatic carbocycles. The molecule has 1 amide bonds. The third-order valence-corrected chi connectivity index (χ3v) is 6.87. The number of carbonyl (C=O) groups excluding carboxylic acids is 1. The van der Waals surface area contributed by atoms with Crippen LogP contribution in [0.1, 0.15) is 56.4 Å². The van der Waals surface area contributed by atoms with Crippen molar-refractivity contribution >= 4 is 39.9 Å². The predicted molar refractivity (Wildman–Crippen MR) is 113 cm³/mol. The fourth-order valence-electron chi connectivity index (χ4n) is 3.69. The average molecular weight is 413 g/mol. The van der Waals surface area contributed by atoms with E-state index in [0.29, 0.717) is 13.1 Å². The van der Waals surface area contributed by atoms with E-state index < -0.39 is 0 Å². The summed E-state index contributed by atoms with van der Waals surface area (Å²) in [4.78, 5) is 31.9. The number of fused-ring (bicyclic) bond motifs is 3. The first kappa shape index (κ1) is 21.9. The van der Waals surface area contributed by atoms with Crippen molar-refractivity contribution in [1.29, 1.82) is 0 Å². The van der Waals surface area contributed by atoms with Gasteiger partial charge in [0.1, 0.15) is 4.83 Å². The van der Waals surface area contributed by atoms with Gasteiger partial charge < -0.3 is 11.1 Å². The number of aryl methyl sites for hydroxylation is 3. The molecule has 0 saturated heterocycles. The first-order valence-corrected chi connectivity index (χ1v) is 10.4. The van der Waals surface area contributed by atoms with Gasteiger partial charge in [-0.1, -0.05) is 13.8 Å². The molecular weight excluding hydrogens is 384 g/mol. The first-order valence-electron chi connectivity index (χ1n) is 9.54. The van der Waals surface area contributed by atoms with E-state index in [1.165, 1.54) is 16.9 Å². The lowest BCUT2D eigenvalue weighted by molar-refractivity contribution is -0.123. The normalized spacial score (nSPS) is 13.9. The Morgan fingerprint density at radius 2 is 2.04 bits per heavy atom. The topological polar surface area (TPSA) is 90.0 Å². The zero-order valence-electron chi connectivity index (χ0n) is 16.0. The Morgan fingerprint density at radius 3 is 2.70 bits per heavy atom. The van der Waals surface area contributed by atoms with E-state index in [9.17, 15) is 9.59 Å². The highest BCUT2D eigenvalue weighted by atomic mass is 35.5. The van der Waals surface area contributed by atoms with Crippen molar-refractivity contribution in [2.75, 3.05) is 6.54 Å². The van der Waals surface area contributed by atoms with Crippen LogP contribution in [0.5, 0.6) is 0 Å². The van der Waals surface area contributed by atoms with Crippen LogP contribution in [0.25, 0.3) is 10.2 Å². The van der Waals surface area contributed by atoms with Gasteiger partial charge in [-0.05, 0) is 44.1 Å². The summed E-state index contributed by atoms with van der Waals surface area (Å²) in [6, 6.07) is 0. The lowest BCUT2D eigenvalue weighted by atomic mass is 9.93. The molecule has 0 saturated carbocycles. The molecule has 6 nitrogen and oxygen atoms in total. The van der Waals surface area contributed by atoms with Crippen LogP contribution in [0.4, 0.5) is 0 Å². The SMILES string of the molecule is CCC(CC)(CN)NC(=O)CCn1cnc2sc3c(c2c1=O)CCCC3.Cl. The quantitative estimate of drug-likeness (QED) is 0.731. The van der Waals surface area contributed by atoms with Crippen molar-refractivity contribution in [3.05, 3.63) is 27.1 Å². The lowest BCUT2D eigenvalue weighted by Crippen LogP contribution is -2.53. The Bertz CT molecular complexity index is 849. The number of hydrogen-bond donors (Lipinski definition) is 2. The molecule has 1 aliphatic rings. The van der Waals surface area contributed by atoms with E-state index in [-0.39, 0.29) is 35.8 Å². The monoisotopic (exact) mass is 412 g/mol. The van der Waals surface area contributed by atoms with Gasteiger partial charge in [-0.25, -0.2) is 4.98 Å². The third-order valence-electron chi connectivity index (χ3n) is 5.67. The fraction of sp³-hybridized carbons (Fsp3) is 0.632. The summed E-state index contributed by atoms with van der Waals surface area (Å²) in [5.74, 6) is -0.0708. The molecule has 1 aliphatic carbocycles. The van der Waals surface area contributed by atoms with Crippen LogP contribution >= 0.6 is 23.7 Å². The number of amides is 1. The molecule has 0 radical (unpaired) electrons. The van der Waals surface area contributed by atoms with Gasteiger partial charge in [0.25, 0.3) is 5.56 Å². The average Bonchev–Trinajstić information content (AvgIpc) is 3.05. The maximum absolute atomic E-state index is 12.9. The van der Waals surface area contributed by atoms with E-state index in [1.54, 1.807) is 22.2 Å². The number of carbonyl (C=O) groups is 1. The molecule has 2 aromatic heterocycles. The molecule has 2 heterocycles. The van der Waals surface area contributed by atoms with Crippen LogP contribution < -0.4 is 16.6 Å². The van der Waals surface area contributed by atoms with Crippen molar-refractivity contribution in [3.63, 3.8) is 0 Å². The van der Waals surface area contributed by atoms with Gasteiger partial charge >= 0.3 is 0 Å². The molecule has 0 aliphatic heterocycles. The lowest BCUT2D eigenvalue weighted by Gasteiger charge is -2.31. The summed E-state index contributed by atoms with van der Waals surface area (Å²) in [6.45, 7) is 4.81. The minimum atomic E-state index is -0.351. The number of rotatable bonds is 7. The number of thiophene rings is 1. The molecule has 0 spiro atoms. The maximum atomic E-state index is 12.9. The molecule has 0 unspecified atom stereocenters. The Balaban J connectivity index is 0.00000261.